The zero-order valence-corrected chi connectivity index (χ0v) is 10.3. The van der Waals surface area contributed by atoms with E-state index in [1.54, 1.807) is 11.7 Å². The van der Waals surface area contributed by atoms with Crippen LogP contribution in [0.2, 0.25) is 0 Å². The van der Waals surface area contributed by atoms with Gasteiger partial charge in [-0.1, -0.05) is 13.0 Å². The summed E-state index contributed by atoms with van der Waals surface area (Å²) in [6, 6.07) is 3.22. The summed E-state index contributed by atoms with van der Waals surface area (Å²) in [4.78, 5) is 0. The van der Waals surface area contributed by atoms with Gasteiger partial charge < -0.3 is 5.73 Å². The van der Waals surface area contributed by atoms with Crippen LogP contribution in [-0.2, 0) is 13.5 Å². The van der Waals surface area contributed by atoms with Crippen LogP contribution in [0.3, 0.4) is 0 Å². The van der Waals surface area contributed by atoms with Crippen molar-refractivity contribution >= 4 is 0 Å². The average molecular weight is 251 g/mol. The minimum Gasteiger partial charge on any atom is -0.320 e. The maximum atomic E-state index is 13.2. The maximum Gasteiger partial charge on any atom is 0.159 e. The molecule has 2 rings (SSSR count). The second-order valence-electron chi connectivity index (χ2n) is 4.21. The van der Waals surface area contributed by atoms with Crippen molar-refractivity contribution in [3.05, 3.63) is 52.9 Å². The third-order valence-corrected chi connectivity index (χ3v) is 2.91. The summed E-state index contributed by atoms with van der Waals surface area (Å²) in [5, 5.41) is 4.28. The van der Waals surface area contributed by atoms with Crippen molar-refractivity contribution in [3.63, 3.8) is 0 Å². The molecule has 5 heteroatoms. The summed E-state index contributed by atoms with van der Waals surface area (Å²) in [5.74, 6) is -1.75. The summed E-state index contributed by atoms with van der Waals surface area (Å²) in [6.07, 6.45) is 2.55. The molecule has 1 heterocycles. The molecule has 0 aliphatic heterocycles. The van der Waals surface area contributed by atoms with Crippen LogP contribution in [0.4, 0.5) is 8.78 Å². The van der Waals surface area contributed by atoms with E-state index in [1.165, 1.54) is 6.07 Å². The number of benzene rings is 1. The Morgan fingerprint density at radius 2 is 2.06 bits per heavy atom. The number of nitrogens with two attached hydrogens (primary N) is 1. The van der Waals surface area contributed by atoms with E-state index in [0.717, 1.165) is 29.8 Å². The molecule has 0 amide bonds. The summed E-state index contributed by atoms with van der Waals surface area (Å²) < 4.78 is 27.7. The van der Waals surface area contributed by atoms with Gasteiger partial charge in [0.1, 0.15) is 0 Å². The summed E-state index contributed by atoms with van der Waals surface area (Å²) >= 11 is 0. The van der Waals surface area contributed by atoms with Gasteiger partial charge in [0.25, 0.3) is 0 Å². The smallest absolute Gasteiger partial charge is 0.159 e. The Bertz CT molecular complexity index is 563. The summed E-state index contributed by atoms with van der Waals surface area (Å²) in [7, 11) is 1.81. The molecule has 0 radical (unpaired) electrons. The number of aromatic nitrogens is 2. The molecule has 0 fully saturated rings. The van der Waals surface area contributed by atoms with Crippen LogP contribution in [0, 0.1) is 11.6 Å². The zero-order chi connectivity index (χ0) is 13.3. The Morgan fingerprint density at radius 3 is 2.67 bits per heavy atom. The van der Waals surface area contributed by atoms with Crippen molar-refractivity contribution in [2.45, 2.75) is 19.4 Å². The van der Waals surface area contributed by atoms with Gasteiger partial charge in [-0.25, -0.2) is 8.78 Å². The first-order chi connectivity index (χ1) is 8.52. The van der Waals surface area contributed by atoms with E-state index in [0.29, 0.717) is 5.56 Å². The van der Waals surface area contributed by atoms with Gasteiger partial charge in [-0.05, 0) is 24.1 Å². The largest absolute Gasteiger partial charge is 0.320 e. The van der Waals surface area contributed by atoms with E-state index in [-0.39, 0.29) is 0 Å². The standard InChI is InChI=1S/C13H15F2N3/c1-3-12-9(7-18(2)17-12)13(16)8-4-5-10(14)11(15)6-8/h4-7,13H,3,16H2,1-2H3. The number of halogens is 2. The van der Waals surface area contributed by atoms with Crippen molar-refractivity contribution in [2.75, 3.05) is 0 Å². The molecular formula is C13H15F2N3. The van der Waals surface area contributed by atoms with Crippen LogP contribution in [0.15, 0.2) is 24.4 Å². The van der Waals surface area contributed by atoms with Crippen molar-refractivity contribution in [1.82, 2.24) is 9.78 Å². The van der Waals surface area contributed by atoms with Crippen molar-refractivity contribution in [3.8, 4) is 0 Å². The molecule has 0 saturated carbocycles. The molecule has 3 nitrogen and oxygen atoms in total. The predicted octanol–water partition coefficient (Wildman–Crippen LogP) is 2.31. The fourth-order valence-electron chi connectivity index (χ4n) is 1.97. The van der Waals surface area contributed by atoms with Gasteiger partial charge in [0.2, 0.25) is 0 Å². The molecule has 0 bridgehead atoms. The molecule has 1 unspecified atom stereocenters. The second-order valence-corrected chi connectivity index (χ2v) is 4.21. The zero-order valence-electron chi connectivity index (χ0n) is 10.3. The Hall–Kier alpha value is -1.75. The normalized spacial score (nSPS) is 12.7. The third kappa shape index (κ3) is 2.26. The van der Waals surface area contributed by atoms with Crippen LogP contribution in [0.1, 0.15) is 29.8 Å². The lowest BCUT2D eigenvalue weighted by atomic mass is 9.99. The lowest BCUT2D eigenvalue weighted by Gasteiger charge is -2.12. The molecule has 0 aliphatic rings. The highest BCUT2D eigenvalue weighted by Crippen LogP contribution is 2.23. The fraction of sp³-hybridized carbons (Fsp3) is 0.308. The first-order valence-electron chi connectivity index (χ1n) is 5.76. The van der Waals surface area contributed by atoms with Gasteiger partial charge in [0.15, 0.2) is 11.6 Å². The van der Waals surface area contributed by atoms with E-state index >= 15 is 0 Å². The van der Waals surface area contributed by atoms with E-state index in [9.17, 15) is 8.78 Å². The Balaban J connectivity index is 2.40. The van der Waals surface area contributed by atoms with E-state index in [2.05, 4.69) is 5.10 Å². The minimum atomic E-state index is -0.884. The van der Waals surface area contributed by atoms with Gasteiger partial charge in [-0.2, -0.15) is 5.10 Å². The molecule has 2 aromatic rings. The molecule has 18 heavy (non-hydrogen) atoms. The fourth-order valence-corrected chi connectivity index (χ4v) is 1.97. The van der Waals surface area contributed by atoms with Gasteiger partial charge in [0, 0.05) is 18.8 Å². The highest BCUT2D eigenvalue weighted by Gasteiger charge is 2.17. The number of nitrogens with zero attached hydrogens (tertiary/aromatic N) is 2. The Labute approximate surface area is 104 Å². The Kier molecular flexibility index (Phi) is 3.43. The number of hydrogen-bond acceptors (Lipinski definition) is 2. The maximum absolute atomic E-state index is 13.2. The topological polar surface area (TPSA) is 43.8 Å². The number of aryl methyl sites for hydroxylation is 2. The van der Waals surface area contributed by atoms with Gasteiger partial charge in [0.05, 0.1) is 11.7 Å². The molecule has 2 N–H and O–H groups in total. The summed E-state index contributed by atoms with van der Waals surface area (Å²) in [6.45, 7) is 1.98. The van der Waals surface area contributed by atoms with Crippen molar-refractivity contribution in [1.29, 1.82) is 0 Å². The molecule has 1 atom stereocenters. The van der Waals surface area contributed by atoms with Crippen LogP contribution >= 0.6 is 0 Å². The van der Waals surface area contributed by atoms with Crippen molar-refractivity contribution in [2.24, 2.45) is 12.8 Å². The van der Waals surface area contributed by atoms with Gasteiger partial charge in [-0.3, -0.25) is 4.68 Å². The third-order valence-electron chi connectivity index (χ3n) is 2.91. The van der Waals surface area contributed by atoms with E-state index < -0.39 is 17.7 Å². The summed E-state index contributed by atoms with van der Waals surface area (Å²) in [5.41, 5.74) is 8.33. The Morgan fingerprint density at radius 1 is 1.33 bits per heavy atom. The highest BCUT2D eigenvalue weighted by atomic mass is 19.2. The molecule has 0 aliphatic carbocycles. The molecular weight excluding hydrogens is 236 g/mol. The first-order valence-corrected chi connectivity index (χ1v) is 5.76. The van der Waals surface area contributed by atoms with Crippen LogP contribution < -0.4 is 5.73 Å². The van der Waals surface area contributed by atoms with Gasteiger partial charge >= 0.3 is 0 Å². The average Bonchev–Trinajstić information content (AvgIpc) is 2.73. The van der Waals surface area contributed by atoms with Crippen LogP contribution in [-0.4, -0.2) is 9.78 Å². The molecule has 1 aromatic carbocycles. The molecule has 96 valence electrons. The SMILES string of the molecule is CCc1nn(C)cc1C(N)c1ccc(F)c(F)c1. The minimum absolute atomic E-state index is 0.497. The van der Waals surface area contributed by atoms with Crippen LogP contribution in [0.25, 0.3) is 0 Å². The van der Waals surface area contributed by atoms with Crippen LogP contribution in [0.5, 0.6) is 0 Å². The van der Waals surface area contributed by atoms with Gasteiger partial charge in [-0.15, -0.1) is 0 Å². The number of hydrogen-bond donors (Lipinski definition) is 1. The van der Waals surface area contributed by atoms with E-state index in [4.69, 9.17) is 5.73 Å². The highest BCUT2D eigenvalue weighted by molar-refractivity contribution is 5.33. The second kappa shape index (κ2) is 4.86. The molecule has 1 aromatic heterocycles. The monoisotopic (exact) mass is 251 g/mol. The first kappa shape index (κ1) is 12.7. The molecule has 0 spiro atoms. The quantitative estimate of drug-likeness (QED) is 0.909. The lowest BCUT2D eigenvalue weighted by molar-refractivity contribution is 0.506. The lowest BCUT2D eigenvalue weighted by Crippen LogP contribution is -2.13. The van der Waals surface area contributed by atoms with Crippen molar-refractivity contribution < 1.29 is 8.78 Å². The van der Waals surface area contributed by atoms with E-state index in [1.807, 2.05) is 13.1 Å². The number of rotatable bonds is 3. The predicted molar refractivity (Wildman–Crippen MR) is 65.0 cm³/mol. The molecule has 0 saturated heterocycles.